The predicted molar refractivity (Wildman–Crippen MR) is 94.3 cm³/mol. The van der Waals surface area contributed by atoms with Gasteiger partial charge < -0.3 is 9.84 Å². The SMILES string of the molecule is CCOC(=O)c1c(N=Cc2cccc([N+](=O)[O-])c2O)sc2c1CCC2. The van der Waals surface area contributed by atoms with Gasteiger partial charge in [0.25, 0.3) is 0 Å². The zero-order valence-electron chi connectivity index (χ0n) is 13.5. The van der Waals surface area contributed by atoms with Crippen LogP contribution in [0.15, 0.2) is 23.2 Å². The van der Waals surface area contributed by atoms with Gasteiger partial charge in [-0.2, -0.15) is 0 Å². The fraction of sp³-hybridized carbons (Fsp3) is 0.294. The molecule has 25 heavy (non-hydrogen) atoms. The van der Waals surface area contributed by atoms with E-state index in [2.05, 4.69) is 4.99 Å². The van der Waals surface area contributed by atoms with Crippen LogP contribution in [0.25, 0.3) is 0 Å². The average molecular weight is 360 g/mol. The van der Waals surface area contributed by atoms with Crippen molar-refractivity contribution in [3.8, 4) is 5.75 Å². The molecule has 2 aromatic rings. The molecule has 0 bridgehead atoms. The molecule has 0 radical (unpaired) electrons. The first-order valence-electron chi connectivity index (χ1n) is 7.85. The van der Waals surface area contributed by atoms with Crippen molar-refractivity contribution in [3.63, 3.8) is 0 Å². The number of hydrogen-bond donors (Lipinski definition) is 1. The van der Waals surface area contributed by atoms with E-state index in [9.17, 15) is 20.0 Å². The van der Waals surface area contributed by atoms with E-state index < -0.39 is 16.6 Å². The van der Waals surface area contributed by atoms with Gasteiger partial charge in [0, 0.05) is 22.7 Å². The van der Waals surface area contributed by atoms with Gasteiger partial charge in [-0.05, 0) is 37.8 Å². The molecule has 1 N–H and O–H groups in total. The first-order valence-corrected chi connectivity index (χ1v) is 8.66. The van der Waals surface area contributed by atoms with Crippen LogP contribution in [-0.4, -0.2) is 28.8 Å². The molecule has 1 aromatic carbocycles. The molecule has 0 saturated carbocycles. The van der Waals surface area contributed by atoms with Crippen LogP contribution in [0.4, 0.5) is 10.7 Å². The molecule has 1 aromatic heterocycles. The molecule has 7 nitrogen and oxygen atoms in total. The Hall–Kier alpha value is -2.74. The summed E-state index contributed by atoms with van der Waals surface area (Å²) in [6, 6.07) is 4.22. The number of carbonyl (C=O) groups is 1. The lowest BCUT2D eigenvalue weighted by Crippen LogP contribution is -2.06. The summed E-state index contributed by atoms with van der Waals surface area (Å²) >= 11 is 1.42. The summed E-state index contributed by atoms with van der Waals surface area (Å²) < 4.78 is 5.13. The largest absolute Gasteiger partial charge is 0.502 e. The molecule has 1 aliphatic rings. The Morgan fingerprint density at radius 1 is 1.48 bits per heavy atom. The molecule has 0 aliphatic heterocycles. The van der Waals surface area contributed by atoms with Gasteiger partial charge in [-0.1, -0.05) is 6.07 Å². The number of phenols is 1. The zero-order chi connectivity index (χ0) is 18.0. The number of nitrogens with zero attached hydrogens (tertiary/aromatic N) is 2. The summed E-state index contributed by atoms with van der Waals surface area (Å²) in [4.78, 5) is 28.0. The lowest BCUT2D eigenvalue weighted by molar-refractivity contribution is -0.385. The molecule has 8 heteroatoms. The van der Waals surface area contributed by atoms with Gasteiger partial charge in [0.2, 0.25) is 5.75 Å². The van der Waals surface area contributed by atoms with E-state index in [1.54, 1.807) is 6.92 Å². The van der Waals surface area contributed by atoms with Gasteiger partial charge >= 0.3 is 11.7 Å². The Morgan fingerprint density at radius 3 is 3.00 bits per heavy atom. The van der Waals surface area contributed by atoms with E-state index in [1.807, 2.05) is 0 Å². The number of aryl methyl sites for hydroxylation is 1. The normalized spacial score (nSPS) is 13.2. The molecule has 0 saturated heterocycles. The molecule has 1 aliphatic carbocycles. The van der Waals surface area contributed by atoms with Crippen LogP contribution < -0.4 is 0 Å². The quantitative estimate of drug-likeness (QED) is 0.378. The Labute approximate surface area is 147 Å². The number of rotatable bonds is 5. The number of para-hydroxylation sites is 1. The lowest BCUT2D eigenvalue weighted by atomic mass is 10.1. The Kier molecular flexibility index (Phi) is 4.80. The fourth-order valence-corrected chi connectivity index (χ4v) is 4.04. The predicted octanol–water partition coefficient (Wildman–Crippen LogP) is 3.78. The Morgan fingerprint density at radius 2 is 2.28 bits per heavy atom. The first-order chi connectivity index (χ1) is 12.0. The van der Waals surface area contributed by atoms with Crippen molar-refractivity contribution < 1.29 is 19.6 Å². The molecule has 0 atom stereocenters. The second-order valence-corrected chi connectivity index (χ2v) is 6.57. The number of nitro benzene ring substituents is 1. The molecule has 0 amide bonds. The van der Waals surface area contributed by atoms with Crippen molar-refractivity contribution in [2.75, 3.05) is 6.61 Å². The van der Waals surface area contributed by atoms with Crippen LogP contribution in [0, 0.1) is 10.1 Å². The Bertz CT molecular complexity index is 872. The van der Waals surface area contributed by atoms with Crippen LogP contribution in [0.1, 0.15) is 39.7 Å². The number of aliphatic imine (C=N–C) groups is 1. The highest BCUT2D eigenvalue weighted by molar-refractivity contribution is 7.16. The highest BCUT2D eigenvalue weighted by Gasteiger charge is 2.27. The number of esters is 1. The highest BCUT2D eigenvalue weighted by Crippen LogP contribution is 2.41. The zero-order valence-corrected chi connectivity index (χ0v) is 14.3. The molecular weight excluding hydrogens is 344 g/mol. The summed E-state index contributed by atoms with van der Waals surface area (Å²) in [6.45, 7) is 2.02. The van der Waals surface area contributed by atoms with Crippen molar-refractivity contribution in [1.29, 1.82) is 0 Å². The maximum absolute atomic E-state index is 12.3. The number of nitro groups is 1. The van der Waals surface area contributed by atoms with Crippen LogP contribution in [0.5, 0.6) is 5.75 Å². The molecule has 0 spiro atoms. The van der Waals surface area contributed by atoms with Gasteiger partial charge in [-0.25, -0.2) is 9.79 Å². The van der Waals surface area contributed by atoms with Crippen LogP contribution in [0.2, 0.25) is 0 Å². The van der Waals surface area contributed by atoms with Crippen LogP contribution >= 0.6 is 11.3 Å². The van der Waals surface area contributed by atoms with E-state index in [0.29, 0.717) is 10.6 Å². The van der Waals surface area contributed by atoms with E-state index in [0.717, 1.165) is 29.7 Å². The standard InChI is InChI=1S/C17H16N2O5S/c1-2-24-17(21)14-11-6-4-8-13(11)25-16(14)18-9-10-5-3-7-12(15(10)20)19(22)23/h3,5,7,9,20H,2,4,6,8H2,1H3. The third-order valence-electron chi connectivity index (χ3n) is 3.95. The number of hydrogen-bond acceptors (Lipinski definition) is 7. The average Bonchev–Trinajstić information content (AvgIpc) is 3.14. The number of phenolic OH excluding ortho intramolecular Hbond substituents is 1. The number of benzene rings is 1. The van der Waals surface area contributed by atoms with Crippen molar-refractivity contribution in [2.24, 2.45) is 4.99 Å². The molecule has 3 rings (SSSR count). The van der Waals surface area contributed by atoms with E-state index in [1.165, 1.54) is 35.8 Å². The van der Waals surface area contributed by atoms with Crippen molar-refractivity contribution in [3.05, 3.63) is 49.9 Å². The fourth-order valence-electron chi connectivity index (χ4n) is 2.82. The highest BCUT2D eigenvalue weighted by atomic mass is 32.1. The number of carbonyl (C=O) groups excluding carboxylic acids is 1. The first kappa shape index (κ1) is 17.1. The molecule has 0 unspecified atom stereocenters. The summed E-state index contributed by atoms with van der Waals surface area (Å²) in [7, 11) is 0. The summed E-state index contributed by atoms with van der Waals surface area (Å²) in [5, 5.41) is 21.4. The summed E-state index contributed by atoms with van der Waals surface area (Å²) in [6.07, 6.45) is 4.07. The molecular formula is C17H16N2O5S. The van der Waals surface area contributed by atoms with Gasteiger partial charge in [0.15, 0.2) is 0 Å². The molecule has 130 valence electrons. The summed E-state index contributed by atoms with van der Waals surface area (Å²) in [5.74, 6) is -0.852. The van der Waals surface area contributed by atoms with Crippen LogP contribution in [0.3, 0.4) is 0 Å². The number of fused-ring (bicyclic) bond motifs is 1. The van der Waals surface area contributed by atoms with Gasteiger partial charge in [-0.3, -0.25) is 10.1 Å². The van der Waals surface area contributed by atoms with E-state index >= 15 is 0 Å². The molecule has 0 fully saturated rings. The number of thiophene rings is 1. The summed E-state index contributed by atoms with van der Waals surface area (Å²) in [5.41, 5.74) is 1.29. The third-order valence-corrected chi connectivity index (χ3v) is 5.15. The minimum Gasteiger partial charge on any atom is -0.502 e. The van der Waals surface area contributed by atoms with Gasteiger partial charge in [-0.15, -0.1) is 11.3 Å². The van der Waals surface area contributed by atoms with E-state index in [-0.39, 0.29) is 17.9 Å². The van der Waals surface area contributed by atoms with Crippen molar-refractivity contribution in [1.82, 2.24) is 0 Å². The Balaban J connectivity index is 1.99. The van der Waals surface area contributed by atoms with Gasteiger partial charge in [0.05, 0.1) is 17.1 Å². The van der Waals surface area contributed by atoms with E-state index in [4.69, 9.17) is 4.74 Å². The second-order valence-electron chi connectivity index (χ2n) is 5.49. The van der Waals surface area contributed by atoms with Crippen molar-refractivity contribution >= 4 is 34.2 Å². The third kappa shape index (κ3) is 3.25. The monoisotopic (exact) mass is 360 g/mol. The topological polar surface area (TPSA) is 102 Å². The minimum absolute atomic E-state index is 0.220. The minimum atomic E-state index is -0.656. The number of ether oxygens (including phenoxy) is 1. The van der Waals surface area contributed by atoms with Gasteiger partial charge in [0.1, 0.15) is 5.00 Å². The van der Waals surface area contributed by atoms with Crippen molar-refractivity contribution in [2.45, 2.75) is 26.2 Å². The second kappa shape index (κ2) is 7.02. The maximum atomic E-state index is 12.3. The lowest BCUT2D eigenvalue weighted by Gasteiger charge is -2.03. The molecule has 1 heterocycles. The van der Waals surface area contributed by atoms with Crippen LogP contribution in [-0.2, 0) is 17.6 Å². The maximum Gasteiger partial charge on any atom is 0.341 e. The smallest absolute Gasteiger partial charge is 0.341 e. The number of aromatic hydroxyl groups is 1.